The highest BCUT2D eigenvalue weighted by atomic mass is 35.5. The molecule has 162 valence electrons. The van der Waals surface area contributed by atoms with E-state index in [-0.39, 0.29) is 10.8 Å². The molecule has 1 saturated heterocycles. The highest BCUT2D eigenvalue weighted by molar-refractivity contribution is 7.89. The van der Waals surface area contributed by atoms with Gasteiger partial charge in [0.15, 0.2) is 0 Å². The predicted octanol–water partition coefficient (Wildman–Crippen LogP) is 2.36. The lowest BCUT2D eigenvalue weighted by Crippen LogP contribution is -2.49. The minimum Gasteiger partial charge on any atom is -0.497 e. The van der Waals surface area contributed by atoms with Gasteiger partial charge in [-0.1, -0.05) is 29.8 Å². The van der Waals surface area contributed by atoms with E-state index in [1.54, 1.807) is 37.4 Å². The Morgan fingerprint density at radius 2 is 1.73 bits per heavy atom. The Kier molecular flexibility index (Phi) is 7.71. The smallest absolute Gasteiger partial charge is 0.243 e. The summed E-state index contributed by atoms with van der Waals surface area (Å²) in [7, 11) is -1.98. The Morgan fingerprint density at radius 3 is 2.37 bits per heavy atom. The zero-order chi connectivity index (χ0) is 21.6. The van der Waals surface area contributed by atoms with Crippen molar-refractivity contribution in [3.63, 3.8) is 0 Å². The van der Waals surface area contributed by atoms with E-state index in [1.165, 1.54) is 4.31 Å². The van der Waals surface area contributed by atoms with Crippen LogP contribution in [0.15, 0.2) is 53.4 Å². The Balaban J connectivity index is 1.43. The van der Waals surface area contributed by atoms with Crippen LogP contribution in [0.25, 0.3) is 0 Å². The maximum absolute atomic E-state index is 12.8. The molecule has 1 heterocycles. The molecule has 2 aromatic rings. The van der Waals surface area contributed by atoms with Crippen LogP contribution in [-0.2, 0) is 21.4 Å². The van der Waals surface area contributed by atoms with Crippen LogP contribution >= 0.6 is 11.6 Å². The Morgan fingerprint density at radius 1 is 1.07 bits per heavy atom. The van der Waals surface area contributed by atoms with Gasteiger partial charge in [0.05, 0.1) is 12.0 Å². The van der Waals surface area contributed by atoms with Crippen molar-refractivity contribution in [3.8, 4) is 5.75 Å². The van der Waals surface area contributed by atoms with Crippen LogP contribution in [-0.4, -0.2) is 63.4 Å². The van der Waals surface area contributed by atoms with Crippen LogP contribution in [0.1, 0.15) is 12.0 Å². The zero-order valence-corrected chi connectivity index (χ0v) is 18.5. The van der Waals surface area contributed by atoms with Gasteiger partial charge in [0, 0.05) is 50.7 Å². The number of benzene rings is 2. The minimum absolute atomic E-state index is 0.0526. The van der Waals surface area contributed by atoms with Crippen molar-refractivity contribution in [3.05, 3.63) is 59.1 Å². The van der Waals surface area contributed by atoms with Crippen LogP contribution in [0.3, 0.4) is 0 Å². The highest BCUT2D eigenvalue weighted by Crippen LogP contribution is 2.20. The number of halogens is 1. The summed E-state index contributed by atoms with van der Waals surface area (Å²) in [5, 5.41) is 3.51. The number of nitrogens with one attached hydrogen (secondary N) is 1. The molecule has 0 saturated carbocycles. The van der Waals surface area contributed by atoms with Crippen LogP contribution in [0.4, 0.5) is 0 Å². The number of sulfonamides is 1. The number of methoxy groups -OCH3 is 1. The highest BCUT2D eigenvalue weighted by Gasteiger charge is 2.28. The second-order valence-electron chi connectivity index (χ2n) is 7.04. The van der Waals surface area contributed by atoms with Crippen molar-refractivity contribution in [2.75, 3.05) is 39.8 Å². The maximum atomic E-state index is 12.8. The van der Waals surface area contributed by atoms with Crippen molar-refractivity contribution >= 4 is 27.5 Å². The van der Waals surface area contributed by atoms with Crippen molar-refractivity contribution in [2.45, 2.75) is 17.9 Å². The summed E-state index contributed by atoms with van der Waals surface area (Å²) in [5.41, 5.74) is 0.880. The molecule has 0 unspecified atom stereocenters. The fourth-order valence-corrected chi connectivity index (χ4v) is 4.90. The molecule has 0 spiro atoms. The number of piperazine rings is 1. The molecule has 3 rings (SSSR count). The topological polar surface area (TPSA) is 79.0 Å². The average Bonchev–Trinajstić information content (AvgIpc) is 2.77. The van der Waals surface area contributed by atoms with Gasteiger partial charge in [-0.15, -0.1) is 0 Å². The second-order valence-corrected chi connectivity index (χ2v) is 9.38. The fraction of sp³-hybridized carbons (Fsp3) is 0.381. The molecular weight excluding hydrogens is 426 g/mol. The molecule has 2 aromatic carbocycles. The van der Waals surface area contributed by atoms with E-state index in [4.69, 9.17) is 16.3 Å². The van der Waals surface area contributed by atoms with E-state index in [9.17, 15) is 13.2 Å². The zero-order valence-electron chi connectivity index (χ0n) is 16.9. The van der Waals surface area contributed by atoms with E-state index in [2.05, 4.69) is 10.2 Å². The summed E-state index contributed by atoms with van der Waals surface area (Å²) in [4.78, 5) is 14.5. The number of ether oxygens (including phenoxy) is 1. The molecule has 1 amide bonds. The van der Waals surface area contributed by atoms with Crippen LogP contribution in [0.5, 0.6) is 5.75 Å². The third kappa shape index (κ3) is 5.72. The van der Waals surface area contributed by atoms with Gasteiger partial charge in [-0.2, -0.15) is 4.31 Å². The van der Waals surface area contributed by atoms with E-state index < -0.39 is 10.0 Å². The van der Waals surface area contributed by atoms with Crippen LogP contribution < -0.4 is 10.1 Å². The SMILES string of the molecule is COc1ccc(S(=O)(=O)N2CCN(CCC(=O)NCc3ccccc3Cl)CC2)cc1. The lowest BCUT2D eigenvalue weighted by Gasteiger charge is -2.33. The van der Waals surface area contributed by atoms with Crippen LogP contribution in [0.2, 0.25) is 5.02 Å². The van der Waals surface area contributed by atoms with Gasteiger partial charge in [-0.3, -0.25) is 4.79 Å². The summed E-state index contributed by atoms with van der Waals surface area (Å²) in [5.74, 6) is 0.565. The Labute approximate surface area is 182 Å². The monoisotopic (exact) mass is 451 g/mol. The number of hydrogen-bond donors (Lipinski definition) is 1. The minimum atomic E-state index is -3.53. The number of rotatable bonds is 8. The summed E-state index contributed by atoms with van der Waals surface area (Å²) in [6.45, 7) is 2.96. The van der Waals surface area contributed by atoms with Gasteiger partial charge >= 0.3 is 0 Å². The van der Waals surface area contributed by atoms with E-state index >= 15 is 0 Å². The molecule has 0 bridgehead atoms. The molecule has 9 heteroatoms. The average molecular weight is 452 g/mol. The van der Waals surface area contributed by atoms with Crippen molar-refractivity contribution < 1.29 is 17.9 Å². The predicted molar refractivity (Wildman–Crippen MR) is 116 cm³/mol. The quantitative estimate of drug-likeness (QED) is 0.666. The van der Waals surface area contributed by atoms with Crippen molar-refractivity contribution in [1.82, 2.24) is 14.5 Å². The molecule has 0 atom stereocenters. The molecule has 1 aliphatic heterocycles. The summed E-state index contributed by atoms with van der Waals surface area (Å²) >= 11 is 6.10. The van der Waals surface area contributed by atoms with Gasteiger partial charge in [0.1, 0.15) is 5.75 Å². The fourth-order valence-electron chi connectivity index (χ4n) is 3.27. The first-order valence-electron chi connectivity index (χ1n) is 9.77. The molecule has 1 N–H and O–H groups in total. The number of amides is 1. The van der Waals surface area contributed by atoms with Gasteiger partial charge in [-0.05, 0) is 35.9 Å². The summed E-state index contributed by atoms with van der Waals surface area (Å²) < 4.78 is 32.2. The third-order valence-corrected chi connectivity index (χ3v) is 7.40. The number of carbonyl (C=O) groups excluding carboxylic acids is 1. The van der Waals surface area contributed by atoms with Crippen LogP contribution in [0, 0.1) is 0 Å². The van der Waals surface area contributed by atoms with Gasteiger partial charge < -0.3 is 15.0 Å². The van der Waals surface area contributed by atoms with E-state index in [1.807, 2.05) is 18.2 Å². The molecule has 30 heavy (non-hydrogen) atoms. The lowest BCUT2D eigenvalue weighted by molar-refractivity contribution is -0.121. The normalized spacial score (nSPS) is 15.7. The molecule has 1 aliphatic rings. The van der Waals surface area contributed by atoms with E-state index in [0.29, 0.717) is 56.5 Å². The Bertz CT molecular complexity index is 958. The Hall–Kier alpha value is -2.13. The number of carbonyl (C=O) groups is 1. The number of hydrogen-bond acceptors (Lipinski definition) is 5. The standard InChI is InChI=1S/C21H26ClN3O4S/c1-29-18-6-8-19(9-7-18)30(27,28)25-14-12-24(13-15-25)11-10-21(26)23-16-17-4-2-3-5-20(17)22/h2-9H,10-16H2,1H3,(H,23,26). The third-order valence-electron chi connectivity index (χ3n) is 5.12. The number of nitrogens with zero attached hydrogens (tertiary/aromatic N) is 2. The molecule has 1 fully saturated rings. The maximum Gasteiger partial charge on any atom is 0.243 e. The molecule has 0 aliphatic carbocycles. The summed E-state index contributed by atoms with van der Waals surface area (Å²) in [6.07, 6.45) is 0.357. The molecule has 0 aromatic heterocycles. The largest absolute Gasteiger partial charge is 0.497 e. The first kappa shape index (κ1) is 22.6. The molecular formula is C21H26ClN3O4S. The second kappa shape index (κ2) is 10.3. The van der Waals surface area contributed by atoms with Crippen molar-refractivity contribution in [1.29, 1.82) is 0 Å². The first-order valence-corrected chi connectivity index (χ1v) is 11.6. The van der Waals surface area contributed by atoms with Gasteiger partial charge in [0.25, 0.3) is 0 Å². The van der Waals surface area contributed by atoms with E-state index in [0.717, 1.165) is 5.56 Å². The van der Waals surface area contributed by atoms with Crippen molar-refractivity contribution in [2.24, 2.45) is 0 Å². The summed E-state index contributed by atoms with van der Waals surface area (Å²) in [6, 6.07) is 13.8. The lowest BCUT2D eigenvalue weighted by atomic mass is 10.2. The van der Waals surface area contributed by atoms with Gasteiger partial charge in [-0.25, -0.2) is 8.42 Å². The van der Waals surface area contributed by atoms with Gasteiger partial charge in [0.2, 0.25) is 15.9 Å². The first-order chi connectivity index (χ1) is 14.4. The molecule has 7 nitrogen and oxygen atoms in total. The molecule has 0 radical (unpaired) electrons.